The Balaban J connectivity index is 2.92. The van der Waals surface area contributed by atoms with Crippen molar-refractivity contribution in [2.75, 3.05) is 0 Å². The van der Waals surface area contributed by atoms with Gasteiger partial charge in [-0.05, 0) is 28.9 Å². The van der Waals surface area contributed by atoms with Crippen LogP contribution < -0.4 is 0 Å². The van der Waals surface area contributed by atoms with Crippen molar-refractivity contribution in [3.63, 3.8) is 0 Å². The van der Waals surface area contributed by atoms with Crippen LogP contribution in [0.2, 0.25) is 0 Å². The van der Waals surface area contributed by atoms with E-state index in [0.717, 1.165) is 0 Å². The van der Waals surface area contributed by atoms with E-state index in [0.29, 0.717) is 0 Å². The first-order chi connectivity index (χ1) is 5.29. The van der Waals surface area contributed by atoms with E-state index >= 15 is 0 Å². The highest BCUT2D eigenvalue weighted by Crippen LogP contribution is 2.33. The summed E-state index contributed by atoms with van der Waals surface area (Å²) in [6.07, 6.45) is 3.72. The number of nitrogens with zero attached hydrogens (tertiary/aromatic N) is 1. The second-order valence-corrected chi connectivity index (χ2v) is 4.39. The molecule has 2 heterocycles. The van der Waals surface area contributed by atoms with Gasteiger partial charge in [0.25, 0.3) is 0 Å². The van der Waals surface area contributed by atoms with Gasteiger partial charge in [-0.2, -0.15) is 0 Å². The maximum atomic E-state index is 4.06. The molecule has 0 saturated carbocycles. The van der Waals surface area contributed by atoms with Gasteiger partial charge >= 0.3 is 0 Å². The van der Waals surface area contributed by atoms with Gasteiger partial charge in [0, 0.05) is 31.8 Å². The number of aryl methyl sites for hydroxylation is 1. The van der Waals surface area contributed by atoms with Gasteiger partial charge in [-0.1, -0.05) is 0 Å². The summed E-state index contributed by atoms with van der Waals surface area (Å²) < 4.78 is 2.48. The van der Waals surface area contributed by atoms with Crippen LogP contribution in [0.5, 0.6) is 0 Å². The van der Waals surface area contributed by atoms with Crippen LogP contribution in [0.3, 0.4) is 0 Å². The minimum absolute atomic E-state index is 1.19. The van der Waals surface area contributed by atoms with Crippen molar-refractivity contribution in [1.82, 2.24) is 4.98 Å². The van der Waals surface area contributed by atoms with Crippen LogP contribution in [0.1, 0.15) is 4.88 Å². The lowest BCUT2D eigenvalue weighted by Crippen LogP contribution is -1.67. The van der Waals surface area contributed by atoms with Crippen LogP contribution in [-0.2, 0) is 0 Å². The van der Waals surface area contributed by atoms with Gasteiger partial charge in [0.05, 0.1) is 0 Å². The van der Waals surface area contributed by atoms with Crippen molar-refractivity contribution in [2.45, 2.75) is 6.92 Å². The van der Waals surface area contributed by atoms with Crippen LogP contribution in [-0.4, -0.2) is 4.98 Å². The molecule has 0 bridgehead atoms. The Morgan fingerprint density at radius 2 is 2.36 bits per heavy atom. The predicted molar refractivity (Wildman–Crippen MR) is 52.1 cm³/mol. The van der Waals surface area contributed by atoms with Gasteiger partial charge in [-0.3, -0.25) is 4.98 Å². The minimum Gasteiger partial charge on any atom is -0.264 e. The SMILES string of the molecule is Cc1sc2ccncc2c1Br. The molecule has 0 fully saturated rings. The maximum Gasteiger partial charge on any atom is 0.0405 e. The van der Waals surface area contributed by atoms with Crippen molar-refractivity contribution < 1.29 is 0 Å². The van der Waals surface area contributed by atoms with E-state index in [9.17, 15) is 0 Å². The summed E-state index contributed by atoms with van der Waals surface area (Å²) in [5, 5.41) is 1.22. The van der Waals surface area contributed by atoms with Crippen LogP contribution in [0.4, 0.5) is 0 Å². The highest BCUT2D eigenvalue weighted by atomic mass is 79.9. The van der Waals surface area contributed by atoms with Crippen molar-refractivity contribution >= 4 is 37.4 Å². The monoisotopic (exact) mass is 227 g/mol. The van der Waals surface area contributed by atoms with Gasteiger partial charge in [0.15, 0.2) is 0 Å². The number of halogens is 1. The largest absolute Gasteiger partial charge is 0.264 e. The molecule has 0 radical (unpaired) electrons. The van der Waals surface area contributed by atoms with Crippen LogP contribution in [0.25, 0.3) is 10.1 Å². The lowest BCUT2D eigenvalue weighted by molar-refractivity contribution is 1.37. The predicted octanol–water partition coefficient (Wildman–Crippen LogP) is 3.37. The number of pyridine rings is 1. The molecule has 0 N–H and O–H groups in total. The molecule has 0 aromatic carbocycles. The van der Waals surface area contributed by atoms with Gasteiger partial charge in [-0.25, -0.2) is 0 Å². The zero-order valence-electron chi connectivity index (χ0n) is 5.97. The molecule has 0 aliphatic rings. The first-order valence-electron chi connectivity index (χ1n) is 3.27. The molecule has 0 atom stereocenters. The van der Waals surface area contributed by atoms with Gasteiger partial charge in [-0.15, -0.1) is 11.3 Å². The Kier molecular flexibility index (Phi) is 1.69. The molecule has 2 aromatic rings. The third-order valence-electron chi connectivity index (χ3n) is 1.59. The van der Waals surface area contributed by atoms with E-state index in [2.05, 4.69) is 27.8 Å². The number of rotatable bonds is 0. The zero-order chi connectivity index (χ0) is 7.84. The summed E-state index contributed by atoms with van der Waals surface area (Å²) >= 11 is 5.31. The molecular formula is C8H6BrNS. The third kappa shape index (κ3) is 1.08. The van der Waals surface area contributed by atoms with Gasteiger partial charge in [0.1, 0.15) is 0 Å². The molecule has 0 aliphatic heterocycles. The third-order valence-corrected chi connectivity index (χ3v) is 3.96. The average Bonchev–Trinajstić information content (AvgIpc) is 2.30. The first-order valence-corrected chi connectivity index (χ1v) is 4.88. The fourth-order valence-electron chi connectivity index (χ4n) is 1.03. The number of fused-ring (bicyclic) bond motifs is 1. The summed E-state index contributed by atoms with van der Waals surface area (Å²) in [6.45, 7) is 2.11. The lowest BCUT2D eigenvalue weighted by atomic mass is 10.3. The van der Waals surface area contributed by atoms with Crippen LogP contribution in [0.15, 0.2) is 22.9 Å². The Labute approximate surface area is 77.2 Å². The molecule has 3 heteroatoms. The van der Waals surface area contributed by atoms with Crippen molar-refractivity contribution in [3.8, 4) is 0 Å². The van der Waals surface area contributed by atoms with E-state index < -0.39 is 0 Å². The maximum absolute atomic E-state index is 4.06. The highest BCUT2D eigenvalue weighted by molar-refractivity contribution is 9.10. The number of hydrogen-bond donors (Lipinski definition) is 0. The number of aromatic nitrogens is 1. The summed E-state index contributed by atoms with van der Waals surface area (Å²) in [4.78, 5) is 5.38. The van der Waals surface area contributed by atoms with E-state index in [1.54, 1.807) is 11.3 Å². The van der Waals surface area contributed by atoms with E-state index in [1.807, 2.05) is 18.5 Å². The Bertz CT molecular complexity index is 394. The molecular weight excluding hydrogens is 222 g/mol. The Morgan fingerprint density at radius 3 is 3.09 bits per heavy atom. The van der Waals surface area contributed by atoms with Crippen molar-refractivity contribution in [2.24, 2.45) is 0 Å². The molecule has 0 aliphatic carbocycles. The minimum atomic E-state index is 1.19. The summed E-state index contributed by atoms with van der Waals surface area (Å²) in [7, 11) is 0. The van der Waals surface area contributed by atoms with E-state index in [-0.39, 0.29) is 0 Å². The average molecular weight is 228 g/mol. The van der Waals surface area contributed by atoms with E-state index in [1.165, 1.54) is 19.4 Å². The van der Waals surface area contributed by atoms with Gasteiger partial charge < -0.3 is 0 Å². The first kappa shape index (κ1) is 7.25. The van der Waals surface area contributed by atoms with Crippen LogP contribution >= 0.6 is 27.3 Å². The van der Waals surface area contributed by atoms with Gasteiger partial charge in [0.2, 0.25) is 0 Å². The molecule has 0 amide bonds. The second kappa shape index (κ2) is 2.57. The summed E-state index contributed by atoms with van der Waals surface area (Å²) in [5.41, 5.74) is 0. The normalized spacial score (nSPS) is 10.7. The van der Waals surface area contributed by atoms with Crippen LogP contribution in [0, 0.1) is 6.92 Å². The topological polar surface area (TPSA) is 12.9 Å². The fourth-order valence-corrected chi connectivity index (χ4v) is 2.65. The second-order valence-electron chi connectivity index (χ2n) is 2.34. The number of thiophene rings is 1. The molecule has 56 valence electrons. The molecule has 0 spiro atoms. The highest BCUT2D eigenvalue weighted by Gasteiger charge is 2.04. The summed E-state index contributed by atoms with van der Waals surface area (Å²) in [5.74, 6) is 0. The standard InChI is InChI=1S/C8H6BrNS/c1-5-8(9)6-4-10-3-2-7(6)11-5/h2-4H,1H3. The smallest absolute Gasteiger partial charge is 0.0405 e. The molecule has 0 saturated heterocycles. The molecule has 1 nitrogen and oxygen atoms in total. The lowest BCUT2D eigenvalue weighted by Gasteiger charge is -1.86. The number of hydrogen-bond acceptors (Lipinski definition) is 2. The van der Waals surface area contributed by atoms with E-state index in [4.69, 9.17) is 0 Å². The Hall–Kier alpha value is -0.410. The van der Waals surface area contributed by atoms with Crippen molar-refractivity contribution in [1.29, 1.82) is 0 Å². The summed E-state index contributed by atoms with van der Waals surface area (Å²) in [6, 6.07) is 2.04. The fraction of sp³-hybridized carbons (Fsp3) is 0.125. The molecule has 2 rings (SSSR count). The molecule has 2 aromatic heterocycles. The zero-order valence-corrected chi connectivity index (χ0v) is 8.37. The Morgan fingerprint density at radius 1 is 1.55 bits per heavy atom. The molecule has 0 unspecified atom stereocenters. The van der Waals surface area contributed by atoms with Crippen molar-refractivity contribution in [3.05, 3.63) is 27.8 Å². The molecule has 11 heavy (non-hydrogen) atoms. The quantitative estimate of drug-likeness (QED) is 0.673.